The lowest BCUT2D eigenvalue weighted by atomic mass is 9.97. The molecule has 1 atom stereocenters. The van der Waals surface area contributed by atoms with Crippen LogP contribution in [0.5, 0.6) is 0 Å². The Kier molecular flexibility index (Phi) is 2.94. The molecular formula is C11H15ClN2. The van der Waals surface area contributed by atoms with Gasteiger partial charge in [0, 0.05) is 16.8 Å². The molecule has 0 aliphatic carbocycles. The number of rotatable bonds is 1. The van der Waals surface area contributed by atoms with Crippen LogP contribution < -0.4 is 11.1 Å². The molecule has 0 spiro atoms. The molecule has 0 saturated carbocycles. The number of hydrogen-bond donors (Lipinski definition) is 2. The quantitative estimate of drug-likeness (QED) is 0.700. The first-order valence-electron chi connectivity index (χ1n) is 5.05. The van der Waals surface area contributed by atoms with Crippen LogP contribution in [0.25, 0.3) is 0 Å². The third-order valence-electron chi connectivity index (χ3n) is 2.71. The summed E-state index contributed by atoms with van der Waals surface area (Å²) in [5.74, 6) is 0. The van der Waals surface area contributed by atoms with Crippen molar-refractivity contribution in [3.63, 3.8) is 0 Å². The van der Waals surface area contributed by atoms with Crippen LogP contribution in [0.15, 0.2) is 18.2 Å². The topological polar surface area (TPSA) is 38.0 Å². The summed E-state index contributed by atoms with van der Waals surface area (Å²) in [6.45, 7) is 1.09. The summed E-state index contributed by atoms with van der Waals surface area (Å²) >= 11 is 6.14. The molecule has 0 bridgehead atoms. The molecule has 1 fully saturated rings. The molecule has 1 unspecified atom stereocenters. The SMILES string of the molecule is Nc1ccc(C2CCCCN2)c(Cl)c1. The molecule has 2 rings (SSSR count). The summed E-state index contributed by atoms with van der Waals surface area (Å²) < 4.78 is 0. The number of hydrogen-bond acceptors (Lipinski definition) is 2. The first-order chi connectivity index (χ1) is 6.77. The number of nitrogens with one attached hydrogen (secondary N) is 1. The number of benzene rings is 1. The summed E-state index contributed by atoms with van der Waals surface area (Å²) in [6, 6.07) is 6.18. The zero-order valence-corrected chi connectivity index (χ0v) is 8.85. The maximum absolute atomic E-state index is 6.14. The molecule has 1 saturated heterocycles. The number of anilines is 1. The van der Waals surface area contributed by atoms with E-state index in [1.807, 2.05) is 18.2 Å². The average molecular weight is 211 g/mol. The zero-order valence-electron chi connectivity index (χ0n) is 8.09. The second-order valence-corrected chi connectivity index (χ2v) is 4.19. The molecule has 0 aromatic heterocycles. The summed E-state index contributed by atoms with van der Waals surface area (Å²) in [5, 5.41) is 4.25. The molecule has 3 heteroatoms. The van der Waals surface area contributed by atoms with E-state index in [2.05, 4.69) is 5.32 Å². The van der Waals surface area contributed by atoms with Crippen LogP contribution in [0.4, 0.5) is 5.69 Å². The third-order valence-corrected chi connectivity index (χ3v) is 3.04. The molecule has 1 aliphatic heterocycles. The first kappa shape index (κ1) is 9.81. The van der Waals surface area contributed by atoms with Gasteiger partial charge in [0.1, 0.15) is 0 Å². The Labute approximate surface area is 89.4 Å². The van der Waals surface area contributed by atoms with Crippen molar-refractivity contribution in [1.29, 1.82) is 0 Å². The number of halogens is 1. The molecule has 1 aliphatic rings. The van der Waals surface area contributed by atoms with Gasteiger partial charge >= 0.3 is 0 Å². The number of nitrogens with two attached hydrogens (primary N) is 1. The predicted molar refractivity (Wildman–Crippen MR) is 60.5 cm³/mol. The van der Waals surface area contributed by atoms with Crippen LogP contribution in [0.1, 0.15) is 30.9 Å². The van der Waals surface area contributed by atoms with Crippen LogP contribution in [0, 0.1) is 0 Å². The zero-order chi connectivity index (χ0) is 9.97. The van der Waals surface area contributed by atoms with Crippen LogP contribution in [-0.2, 0) is 0 Å². The van der Waals surface area contributed by atoms with Gasteiger partial charge in [0.2, 0.25) is 0 Å². The van der Waals surface area contributed by atoms with Gasteiger partial charge in [0.15, 0.2) is 0 Å². The molecular weight excluding hydrogens is 196 g/mol. The van der Waals surface area contributed by atoms with E-state index >= 15 is 0 Å². The standard InChI is InChI=1S/C11H15ClN2/c12-10-7-8(13)4-5-9(10)11-3-1-2-6-14-11/h4-5,7,11,14H,1-3,6,13H2. The van der Waals surface area contributed by atoms with Crippen molar-refractivity contribution in [2.75, 3.05) is 12.3 Å². The lowest BCUT2D eigenvalue weighted by molar-refractivity contribution is 0.412. The molecule has 14 heavy (non-hydrogen) atoms. The van der Waals surface area contributed by atoms with Gasteiger partial charge in [-0.3, -0.25) is 0 Å². The third kappa shape index (κ3) is 2.02. The highest BCUT2D eigenvalue weighted by Gasteiger charge is 2.16. The molecule has 3 N–H and O–H groups in total. The highest BCUT2D eigenvalue weighted by molar-refractivity contribution is 6.31. The Bertz CT molecular complexity index is 319. The van der Waals surface area contributed by atoms with E-state index in [9.17, 15) is 0 Å². The second-order valence-electron chi connectivity index (χ2n) is 3.78. The van der Waals surface area contributed by atoms with Crippen LogP contribution in [-0.4, -0.2) is 6.54 Å². The average Bonchev–Trinajstić information content (AvgIpc) is 2.19. The normalized spacial score (nSPS) is 22.2. The lowest BCUT2D eigenvalue weighted by Crippen LogP contribution is -2.26. The fourth-order valence-corrected chi connectivity index (χ4v) is 2.26. The minimum absolute atomic E-state index is 0.414. The fraction of sp³-hybridized carbons (Fsp3) is 0.455. The van der Waals surface area contributed by atoms with Crippen molar-refractivity contribution >= 4 is 17.3 Å². The Hall–Kier alpha value is -0.730. The van der Waals surface area contributed by atoms with E-state index in [0.29, 0.717) is 6.04 Å². The fourth-order valence-electron chi connectivity index (χ4n) is 1.94. The molecule has 1 aromatic carbocycles. The van der Waals surface area contributed by atoms with E-state index in [4.69, 9.17) is 17.3 Å². The van der Waals surface area contributed by atoms with Crippen molar-refractivity contribution in [2.45, 2.75) is 25.3 Å². The van der Waals surface area contributed by atoms with E-state index in [1.165, 1.54) is 24.8 Å². The van der Waals surface area contributed by atoms with Gasteiger partial charge in [0.25, 0.3) is 0 Å². The van der Waals surface area contributed by atoms with E-state index in [1.54, 1.807) is 0 Å². The van der Waals surface area contributed by atoms with Crippen molar-refractivity contribution in [3.05, 3.63) is 28.8 Å². The van der Waals surface area contributed by atoms with Gasteiger partial charge in [-0.15, -0.1) is 0 Å². The largest absolute Gasteiger partial charge is 0.399 e. The lowest BCUT2D eigenvalue weighted by Gasteiger charge is -2.24. The van der Waals surface area contributed by atoms with Gasteiger partial charge in [-0.1, -0.05) is 24.1 Å². The second kappa shape index (κ2) is 4.20. The monoisotopic (exact) mass is 210 g/mol. The van der Waals surface area contributed by atoms with Crippen molar-refractivity contribution in [2.24, 2.45) is 0 Å². The van der Waals surface area contributed by atoms with E-state index in [0.717, 1.165) is 17.3 Å². The van der Waals surface area contributed by atoms with Crippen LogP contribution >= 0.6 is 11.6 Å². The minimum atomic E-state index is 0.414. The van der Waals surface area contributed by atoms with Crippen molar-refractivity contribution in [3.8, 4) is 0 Å². The summed E-state index contributed by atoms with van der Waals surface area (Å²) in [7, 11) is 0. The highest BCUT2D eigenvalue weighted by Crippen LogP contribution is 2.29. The molecule has 2 nitrogen and oxygen atoms in total. The predicted octanol–water partition coefficient (Wildman–Crippen LogP) is 2.74. The van der Waals surface area contributed by atoms with Crippen molar-refractivity contribution < 1.29 is 0 Å². The van der Waals surface area contributed by atoms with E-state index in [-0.39, 0.29) is 0 Å². The summed E-state index contributed by atoms with van der Waals surface area (Å²) in [4.78, 5) is 0. The van der Waals surface area contributed by atoms with Gasteiger partial charge in [0.05, 0.1) is 0 Å². The van der Waals surface area contributed by atoms with Gasteiger partial charge < -0.3 is 11.1 Å². The van der Waals surface area contributed by atoms with Gasteiger partial charge in [-0.2, -0.15) is 0 Å². The van der Waals surface area contributed by atoms with E-state index < -0.39 is 0 Å². The Morgan fingerprint density at radius 3 is 2.86 bits per heavy atom. The number of piperidine rings is 1. The Balaban J connectivity index is 2.22. The molecule has 1 aromatic rings. The smallest absolute Gasteiger partial charge is 0.0474 e. The highest BCUT2D eigenvalue weighted by atomic mass is 35.5. The summed E-state index contributed by atoms with van der Waals surface area (Å²) in [5.41, 5.74) is 7.56. The van der Waals surface area contributed by atoms with Crippen LogP contribution in [0.2, 0.25) is 5.02 Å². The van der Waals surface area contributed by atoms with Gasteiger partial charge in [-0.05, 0) is 37.1 Å². The van der Waals surface area contributed by atoms with Crippen molar-refractivity contribution in [1.82, 2.24) is 5.32 Å². The van der Waals surface area contributed by atoms with Gasteiger partial charge in [-0.25, -0.2) is 0 Å². The number of nitrogen functional groups attached to an aromatic ring is 1. The maximum atomic E-state index is 6.14. The molecule has 0 radical (unpaired) electrons. The maximum Gasteiger partial charge on any atom is 0.0474 e. The Morgan fingerprint density at radius 1 is 1.36 bits per heavy atom. The minimum Gasteiger partial charge on any atom is -0.399 e. The molecule has 76 valence electrons. The van der Waals surface area contributed by atoms with Crippen LogP contribution in [0.3, 0.4) is 0 Å². The summed E-state index contributed by atoms with van der Waals surface area (Å²) in [6.07, 6.45) is 3.71. The molecule has 0 amide bonds. The first-order valence-corrected chi connectivity index (χ1v) is 5.43. The Morgan fingerprint density at radius 2 is 2.21 bits per heavy atom. The molecule has 1 heterocycles.